The molecule has 0 aliphatic carbocycles. The zero-order valence-electron chi connectivity index (χ0n) is 17.1. The van der Waals surface area contributed by atoms with Crippen LogP contribution in [0.15, 0.2) is 60.7 Å². The van der Waals surface area contributed by atoms with Crippen molar-refractivity contribution in [1.82, 2.24) is 14.4 Å². The van der Waals surface area contributed by atoms with E-state index in [1.807, 2.05) is 72.6 Å². The summed E-state index contributed by atoms with van der Waals surface area (Å²) in [5, 5.41) is 0.950. The molecule has 2 heterocycles. The number of likely N-dealkylation sites (tertiary alicyclic amines) is 1. The molecule has 5 nitrogen and oxygen atoms in total. The smallest absolute Gasteiger partial charge is 0.271 e. The Kier molecular flexibility index (Phi) is 5.58. The van der Waals surface area contributed by atoms with Crippen molar-refractivity contribution in [2.24, 2.45) is 5.92 Å². The highest BCUT2D eigenvalue weighted by molar-refractivity contribution is 5.99. The maximum Gasteiger partial charge on any atom is 0.271 e. The molecule has 30 heavy (non-hydrogen) atoms. The Balaban J connectivity index is 1.40. The third-order valence-corrected chi connectivity index (χ3v) is 5.83. The quantitative estimate of drug-likeness (QED) is 0.630. The van der Waals surface area contributed by atoms with Crippen LogP contribution in [0.2, 0.25) is 0 Å². The van der Waals surface area contributed by atoms with E-state index < -0.39 is 0 Å². The molecule has 2 aromatic carbocycles. The predicted octanol–water partition coefficient (Wildman–Crippen LogP) is 3.59. The van der Waals surface area contributed by atoms with E-state index in [-0.39, 0.29) is 17.7 Å². The van der Waals surface area contributed by atoms with Crippen LogP contribution in [0.25, 0.3) is 10.9 Å². The molecule has 1 aromatic heterocycles. The summed E-state index contributed by atoms with van der Waals surface area (Å²) in [6, 6.07) is 22.1. The van der Waals surface area contributed by atoms with Crippen LogP contribution in [-0.4, -0.2) is 46.3 Å². The van der Waals surface area contributed by atoms with Gasteiger partial charge in [-0.25, -0.2) is 0 Å². The van der Waals surface area contributed by atoms with Crippen molar-refractivity contribution in [1.29, 1.82) is 0 Å². The Morgan fingerprint density at radius 2 is 1.73 bits per heavy atom. The molecule has 152 valence electrons. The van der Waals surface area contributed by atoms with Gasteiger partial charge in [-0.3, -0.25) is 14.2 Å². The summed E-state index contributed by atoms with van der Waals surface area (Å²) < 4.78 is 1.61. The number of aromatic nitrogens is 1. The van der Waals surface area contributed by atoms with Crippen LogP contribution in [0, 0.1) is 18.4 Å². The minimum atomic E-state index is -0.0762. The van der Waals surface area contributed by atoms with Gasteiger partial charge < -0.3 is 9.80 Å². The molecule has 1 aliphatic rings. The number of rotatable bonds is 4. The van der Waals surface area contributed by atoms with Gasteiger partial charge in [0.25, 0.3) is 5.91 Å². The summed E-state index contributed by atoms with van der Waals surface area (Å²) in [7, 11) is 1.85. The van der Waals surface area contributed by atoms with Gasteiger partial charge in [0.15, 0.2) is 0 Å². The molecule has 2 amide bonds. The topological polar surface area (TPSA) is 45.6 Å². The molecular formula is C25H25N3O2. The van der Waals surface area contributed by atoms with E-state index in [9.17, 15) is 9.59 Å². The lowest BCUT2D eigenvalue weighted by molar-refractivity contribution is -0.136. The van der Waals surface area contributed by atoms with Gasteiger partial charge in [0.2, 0.25) is 5.91 Å². The average molecular weight is 399 g/mol. The van der Waals surface area contributed by atoms with Crippen molar-refractivity contribution in [3.05, 3.63) is 71.9 Å². The van der Waals surface area contributed by atoms with E-state index in [0.29, 0.717) is 38.2 Å². The first-order valence-corrected chi connectivity index (χ1v) is 10.2. The van der Waals surface area contributed by atoms with Crippen molar-refractivity contribution in [2.75, 3.05) is 20.1 Å². The molecule has 0 spiro atoms. The van der Waals surface area contributed by atoms with E-state index in [1.165, 1.54) is 0 Å². The zero-order valence-corrected chi connectivity index (χ0v) is 17.1. The van der Waals surface area contributed by atoms with Crippen LogP contribution in [0.1, 0.15) is 28.9 Å². The van der Waals surface area contributed by atoms with E-state index in [4.69, 9.17) is 6.42 Å². The van der Waals surface area contributed by atoms with Crippen molar-refractivity contribution in [3.8, 4) is 12.5 Å². The number of piperidine rings is 1. The Morgan fingerprint density at radius 3 is 2.43 bits per heavy atom. The average Bonchev–Trinajstić information content (AvgIpc) is 3.17. The standard InChI is InChI=1S/C25H25N3O2/c1-3-28-22-12-8-7-11-21(22)17-23(28)25(30)27-15-13-20(14-16-27)24(29)26(2)18-19-9-5-4-6-10-19/h1,4-12,17,20H,13-16,18H2,2H3. The van der Waals surface area contributed by atoms with E-state index in [0.717, 1.165) is 16.5 Å². The van der Waals surface area contributed by atoms with Gasteiger partial charge in [0.1, 0.15) is 5.69 Å². The van der Waals surface area contributed by atoms with Crippen LogP contribution in [0.4, 0.5) is 0 Å². The molecule has 0 atom stereocenters. The second kappa shape index (κ2) is 8.46. The Morgan fingerprint density at radius 1 is 1.07 bits per heavy atom. The summed E-state index contributed by atoms with van der Waals surface area (Å²) in [6.07, 6.45) is 7.01. The maximum atomic E-state index is 13.1. The van der Waals surface area contributed by atoms with Crippen LogP contribution in [0.3, 0.4) is 0 Å². The number of nitrogens with zero attached hydrogens (tertiary/aromatic N) is 3. The minimum absolute atomic E-state index is 0.0544. The first kappa shape index (κ1) is 19.8. The normalized spacial score (nSPS) is 14.5. The lowest BCUT2D eigenvalue weighted by Gasteiger charge is -2.33. The molecule has 0 unspecified atom stereocenters. The van der Waals surface area contributed by atoms with Crippen molar-refractivity contribution >= 4 is 22.7 Å². The number of fused-ring (bicyclic) bond motifs is 1. The second-order valence-electron chi connectivity index (χ2n) is 7.80. The summed E-state index contributed by atoms with van der Waals surface area (Å²) in [4.78, 5) is 29.6. The first-order chi connectivity index (χ1) is 14.6. The number of hydrogen-bond donors (Lipinski definition) is 0. The van der Waals surface area contributed by atoms with Crippen molar-refractivity contribution in [2.45, 2.75) is 19.4 Å². The van der Waals surface area contributed by atoms with E-state index >= 15 is 0 Å². The fourth-order valence-corrected chi connectivity index (χ4v) is 4.19. The van der Waals surface area contributed by atoms with E-state index in [2.05, 4.69) is 6.04 Å². The fraction of sp³-hybridized carbons (Fsp3) is 0.280. The van der Waals surface area contributed by atoms with Gasteiger partial charge in [-0.05, 0) is 30.5 Å². The third kappa shape index (κ3) is 3.81. The lowest BCUT2D eigenvalue weighted by atomic mass is 9.95. The highest BCUT2D eigenvalue weighted by atomic mass is 16.2. The SMILES string of the molecule is C#Cn1c(C(=O)N2CCC(C(=O)N(C)Cc3ccccc3)CC2)cc2ccccc21. The molecule has 1 saturated heterocycles. The molecule has 0 saturated carbocycles. The zero-order chi connectivity index (χ0) is 21.1. The number of carbonyl (C=O) groups is 2. The molecule has 1 aliphatic heterocycles. The van der Waals surface area contributed by atoms with Gasteiger partial charge in [-0.1, -0.05) is 55.0 Å². The lowest BCUT2D eigenvalue weighted by Crippen LogP contribution is -2.43. The third-order valence-electron chi connectivity index (χ3n) is 5.83. The summed E-state index contributed by atoms with van der Waals surface area (Å²) in [5.41, 5.74) is 2.48. The van der Waals surface area contributed by atoms with Gasteiger partial charge in [0, 0.05) is 44.0 Å². The molecule has 3 aromatic rings. The van der Waals surface area contributed by atoms with Crippen LogP contribution >= 0.6 is 0 Å². The van der Waals surface area contributed by atoms with Gasteiger partial charge in [-0.15, -0.1) is 0 Å². The summed E-state index contributed by atoms with van der Waals surface area (Å²) in [5.74, 6) is 0.0117. The van der Waals surface area contributed by atoms with Gasteiger partial charge >= 0.3 is 0 Å². The molecule has 5 heteroatoms. The highest BCUT2D eigenvalue weighted by Crippen LogP contribution is 2.24. The maximum absolute atomic E-state index is 13.1. The first-order valence-electron chi connectivity index (χ1n) is 10.2. The highest BCUT2D eigenvalue weighted by Gasteiger charge is 2.30. The minimum Gasteiger partial charge on any atom is -0.341 e. The van der Waals surface area contributed by atoms with Crippen LogP contribution in [-0.2, 0) is 11.3 Å². The van der Waals surface area contributed by atoms with Crippen molar-refractivity contribution < 1.29 is 9.59 Å². The number of terminal acetylenes is 1. The number of carbonyl (C=O) groups excluding carboxylic acids is 2. The van der Waals surface area contributed by atoms with Crippen LogP contribution < -0.4 is 0 Å². The Hall–Kier alpha value is -3.52. The van der Waals surface area contributed by atoms with Crippen LogP contribution in [0.5, 0.6) is 0 Å². The number of amides is 2. The number of para-hydroxylation sites is 1. The molecule has 1 fully saturated rings. The summed E-state index contributed by atoms with van der Waals surface area (Å²) >= 11 is 0. The van der Waals surface area contributed by atoms with Gasteiger partial charge in [0.05, 0.1) is 5.52 Å². The molecular weight excluding hydrogens is 374 g/mol. The molecule has 0 radical (unpaired) electrons. The monoisotopic (exact) mass is 399 g/mol. The molecule has 4 rings (SSSR count). The number of hydrogen-bond acceptors (Lipinski definition) is 2. The molecule has 0 N–H and O–H groups in total. The Labute approximate surface area is 176 Å². The second-order valence-corrected chi connectivity index (χ2v) is 7.80. The fourth-order valence-electron chi connectivity index (χ4n) is 4.19. The largest absolute Gasteiger partial charge is 0.341 e. The predicted molar refractivity (Wildman–Crippen MR) is 118 cm³/mol. The number of benzene rings is 2. The molecule has 0 bridgehead atoms. The van der Waals surface area contributed by atoms with E-state index in [1.54, 1.807) is 9.47 Å². The Bertz CT molecular complexity index is 1100. The van der Waals surface area contributed by atoms with Gasteiger partial charge in [-0.2, -0.15) is 0 Å². The summed E-state index contributed by atoms with van der Waals surface area (Å²) in [6.45, 7) is 1.71. The van der Waals surface area contributed by atoms with Crippen molar-refractivity contribution in [3.63, 3.8) is 0 Å².